The lowest BCUT2D eigenvalue weighted by molar-refractivity contribution is 0.0992. The van der Waals surface area contributed by atoms with Gasteiger partial charge in [0.1, 0.15) is 11.4 Å². The molecule has 0 fully saturated rings. The second-order valence-corrected chi connectivity index (χ2v) is 5.19. The van der Waals surface area contributed by atoms with Gasteiger partial charge >= 0.3 is 0 Å². The highest BCUT2D eigenvalue weighted by molar-refractivity contribution is 6.34. The number of nitrogens with zero attached hydrogens (tertiary/aromatic N) is 4. The van der Waals surface area contributed by atoms with Crippen LogP contribution in [0.4, 0.5) is 5.69 Å². The third-order valence-corrected chi connectivity index (χ3v) is 3.72. The van der Waals surface area contributed by atoms with Gasteiger partial charge in [-0.3, -0.25) is 19.0 Å². The van der Waals surface area contributed by atoms with Crippen molar-refractivity contribution in [2.45, 2.75) is 27.3 Å². The number of primary amides is 1. The van der Waals surface area contributed by atoms with Crippen LogP contribution in [0.25, 0.3) is 0 Å². The summed E-state index contributed by atoms with van der Waals surface area (Å²) < 4.78 is 2.83. The van der Waals surface area contributed by atoms with Crippen LogP contribution >= 0.6 is 11.6 Å². The van der Waals surface area contributed by atoms with Crippen molar-refractivity contribution in [3.8, 4) is 0 Å². The van der Waals surface area contributed by atoms with Crippen molar-refractivity contribution in [2.75, 3.05) is 5.32 Å². The minimum absolute atomic E-state index is 0.126. The van der Waals surface area contributed by atoms with E-state index in [0.717, 1.165) is 0 Å². The van der Waals surface area contributed by atoms with Gasteiger partial charge in [0.25, 0.3) is 11.8 Å². The topological polar surface area (TPSA) is 108 Å². The van der Waals surface area contributed by atoms with Gasteiger partial charge in [-0.05, 0) is 20.8 Å². The molecule has 0 aliphatic heterocycles. The number of carbonyl (C=O) groups excluding carboxylic acids is 2. The maximum atomic E-state index is 12.5. The van der Waals surface area contributed by atoms with Crippen LogP contribution in [-0.4, -0.2) is 31.4 Å². The van der Waals surface area contributed by atoms with Crippen LogP contribution in [0.5, 0.6) is 0 Å². The van der Waals surface area contributed by atoms with Gasteiger partial charge in [0.05, 0.1) is 22.1 Å². The molecule has 0 spiro atoms. The van der Waals surface area contributed by atoms with Crippen molar-refractivity contribution in [2.24, 2.45) is 12.8 Å². The summed E-state index contributed by atoms with van der Waals surface area (Å²) in [6.45, 7) is 5.73. The highest BCUT2D eigenvalue weighted by Crippen LogP contribution is 2.24. The number of nitrogens with two attached hydrogens (primary N) is 1. The number of halogens is 1. The zero-order valence-electron chi connectivity index (χ0n) is 12.8. The molecule has 0 saturated carbocycles. The molecule has 8 nitrogen and oxygen atoms in total. The largest absolute Gasteiger partial charge is 0.364 e. The smallest absolute Gasteiger partial charge is 0.275 e. The van der Waals surface area contributed by atoms with E-state index in [0.29, 0.717) is 17.9 Å². The zero-order valence-corrected chi connectivity index (χ0v) is 13.5. The Balaban J connectivity index is 2.45. The minimum Gasteiger partial charge on any atom is -0.364 e. The number of amides is 2. The first-order valence-electron chi connectivity index (χ1n) is 6.65. The molecule has 118 valence electrons. The fraction of sp³-hybridized carbons (Fsp3) is 0.385. The Morgan fingerprint density at radius 2 is 1.86 bits per heavy atom. The van der Waals surface area contributed by atoms with Crippen molar-refractivity contribution in [1.82, 2.24) is 19.6 Å². The van der Waals surface area contributed by atoms with E-state index in [9.17, 15) is 9.59 Å². The molecule has 9 heteroatoms. The van der Waals surface area contributed by atoms with Gasteiger partial charge in [-0.1, -0.05) is 11.6 Å². The molecule has 22 heavy (non-hydrogen) atoms. The number of carbonyl (C=O) groups is 2. The molecule has 0 unspecified atom stereocenters. The number of hydrogen-bond donors (Lipinski definition) is 2. The van der Waals surface area contributed by atoms with Gasteiger partial charge in [-0.25, -0.2) is 0 Å². The average Bonchev–Trinajstić information content (AvgIpc) is 2.87. The Hall–Kier alpha value is -2.35. The van der Waals surface area contributed by atoms with Gasteiger partial charge in [-0.15, -0.1) is 0 Å². The van der Waals surface area contributed by atoms with Crippen LogP contribution in [0, 0.1) is 13.8 Å². The van der Waals surface area contributed by atoms with E-state index in [1.165, 1.54) is 9.36 Å². The fourth-order valence-electron chi connectivity index (χ4n) is 2.27. The van der Waals surface area contributed by atoms with Gasteiger partial charge in [-0.2, -0.15) is 10.2 Å². The molecule has 0 radical (unpaired) electrons. The molecule has 0 aromatic carbocycles. The normalized spacial score (nSPS) is 10.8. The molecule has 0 aliphatic carbocycles. The van der Waals surface area contributed by atoms with Gasteiger partial charge in [0.15, 0.2) is 0 Å². The van der Waals surface area contributed by atoms with E-state index in [1.54, 1.807) is 20.9 Å². The van der Waals surface area contributed by atoms with Crippen molar-refractivity contribution in [3.05, 3.63) is 27.8 Å². The Kier molecular flexibility index (Phi) is 4.23. The molecule has 0 aliphatic rings. The maximum Gasteiger partial charge on any atom is 0.275 e. The Morgan fingerprint density at radius 1 is 1.23 bits per heavy atom. The standard InChI is InChI=1S/C13H17ClN6O2/c1-5-20-10(8(14)6(2)18-20)13(22)16-9-7(3)17-19(4)11(9)12(15)21/h5H2,1-4H3,(H2,15,21)(H,16,22). The van der Waals surface area contributed by atoms with Crippen LogP contribution in [-0.2, 0) is 13.6 Å². The fourth-order valence-corrected chi connectivity index (χ4v) is 2.49. The van der Waals surface area contributed by atoms with Gasteiger partial charge in [0, 0.05) is 13.6 Å². The number of aryl methyl sites for hydroxylation is 4. The van der Waals surface area contributed by atoms with Crippen LogP contribution in [0.2, 0.25) is 5.02 Å². The lowest BCUT2D eigenvalue weighted by Crippen LogP contribution is -2.22. The third kappa shape index (κ3) is 2.57. The van der Waals surface area contributed by atoms with Gasteiger partial charge < -0.3 is 11.1 Å². The molecular formula is C13H17ClN6O2. The molecule has 0 atom stereocenters. The summed E-state index contributed by atoms with van der Waals surface area (Å²) in [7, 11) is 1.58. The molecular weight excluding hydrogens is 308 g/mol. The molecule has 2 rings (SSSR count). The highest BCUT2D eigenvalue weighted by atomic mass is 35.5. The van der Waals surface area contributed by atoms with Crippen molar-refractivity contribution in [1.29, 1.82) is 0 Å². The Labute approximate surface area is 132 Å². The average molecular weight is 325 g/mol. The molecule has 2 amide bonds. The first kappa shape index (κ1) is 16.0. The van der Waals surface area contributed by atoms with Crippen molar-refractivity contribution < 1.29 is 9.59 Å². The molecule has 2 aromatic rings. The molecule has 0 bridgehead atoms. The predicted octanol–water partition coefficient (Wildman–Crippen LogP) is 1.26. The summed E-state index contributed by atoms with van der Waals surface area (Å²) in [6.07, 6.45) is 0. The number of anilines is 1. The summed E-state index contributed by atoms with van der Waals surface area (Å²) in [5.74, 6) is -1.14. The van der Waals surface area contributed by atoms with Crippen LogP contribution in [0.3, 0.4) is 0 Å². The van der Waals surface area contributed by atoms with E-state index in [1.807, 2.05) is 6.92 Å². The Morgan fingerprint density at radius 3 is 2.41 bits per heavy atom. The van der Waals surface area contributed by atoms with E-state index in [-0.39, 0.29) is 22.1 Å². The molecule has 2 aromatic heterocycles. The molecule has 3 N–H and O–H groups in total. The zero-order chi connectivity index (χ0) is 16.6. The number of nitrogens with one attached hydrogen (secondary N) is 1. The highest BCUT2D eigenvalue weighted by Gasteiger charge is 2.24. The first-order chi connectivity index (χ1) is 10.3. The monoisotopic (exact) mass is 324 g/mol. The minimum atomic E-state index is -0.676. The van der Waals surface area contributed by atoms with E-state index >= 15 is 0 Å². The summed E-state index contributed by atoms with van der Waals surface area (Å²) in [6, 6.07) is 0. The van der Waals surface area contributed by atoms with Gasteiger partial charge in [0.2, 0.25) is 0 Å². The van der Waals surface area contributed by atoms with Crippen LogP contribution in [0.1, 0.15) is 39.3 Å². The first-order valence-corrected chi connectivity index (χ1v) is 7.03. The van der Waals surface area contributed by atoms with E-state index < -0.39 is 11.8 Å². The SMILES string of the molecule is CCn1nc(C)c(Cl)c1C(=O)Nc1c(C)nn(C)c1C(N)=O. The summed E-state index contributed by atoms with van der Waals surface area (Å²) >= 11 is 6.14. The quantitative estimate of drug-likeness (QED) is 0.882. The lowest BCUT2D eigenvalue weighted by Gasteiger charge is -2.08. The van der Waals surface area contributed by atoms with Crippen LogP contribution in [0.15, 0.2) is 0 Å². The second kappa shape index (κ2) is 5.80. The number of rotatable bonds is 4. The molecule has 2 heterocycles. The van der Waals surface area contributed by atoms with Crippen molar-refractivity contribution in [3.63, 3.8) is 0 Å². The van der Waals surface area contributed by atoms with E-state index in [2.05, 4.69) is 15.5 Å². The summed E-state index contributed by atoms with van der Waals surface area (Å²) in [4.78, 5) is 24.1. The molecule has 0 saturated heterocycles. The Bertz CT molecular complexity index is 761. The summed E-state index contributed by atoms with van der Waals surface area (Å²) in [5, 5.41) is 11.2. The predicted molar refractivity (Wildman–Crippen MR) is 82.1 cm³/mol. The maximum absolute atomic E-state index is 12.5. The second-order valence-electron chi connectivity index (χ2n) is 4.81. The van der Waals surface area contributed by atoms with E-state index in [4.69, 9.17) is 17.3 Å². The summed E-state index contributed by atoms with van der Waals surface area (Å²) in [5.41, 5.74) is 7.02. The lowest BCUT2D eigenvalue weighted by atomic mass is 10.2. The number of hydrogen-bond acceptors (Lipinski definition) is 4. The van der Waals surface area contributed by atoms with Crippen LogP contribution < -0.4 is 11.1 Å². The third-order valence-electron chi connectivity index (χ3n) is 3.26. The number of aromatic nitrogens is 4. The van der Waals surface area contributed by atoms with Crippen molar-refractivity contribution >= 4 is 29.1 Å².